The Morgan fingerprint density at radius 2 is 0.906 bits per heavy atom. The van der Waals surface area contributed by atoms with Crippen molar-refractivity contribution >= 4 is 33.7 Å². The maximum atomic E-state index is 13.5. The molecule has 0 amide bonds. The third-order valence-corrected chi connectivity index (χ3v) is 8.38. The standard InChI is InChI=1S/C7H14ClFN2.C6H18N3OP.2BF4/c8-7-10-1-4-11(9,5-2-10)6-3-10;1-7(2)11(10,8(3)4)9(5)6;2*2-1(3,4)5/h1-7H2;1-6H3;;/q+2;;2*-1. The van der Waals surface area contributed by atoms with Crippen molar-refractivity contribution in [3.05, 3.63) is 0 Å². The van der Waals surface area contributed by atoms with Crippen molar-refractivity contribution < 1.29 is 52.8 Å². The molecule has 3 aliphatic rings. The van der Waals surface area contributed by atoms with Crippen LogP contribution in [0, 0.1) is 0 Å². The second-order valence-electron chi connectivity index (χ2n) is 7.88. The summed E-state index contributed by atoms with van der Waals surface area (Å²) < 4.78 is 110. The number of quaternary nitrogens is 2. The van der Waals surface area contributed by atoms with Gasteiger partial charge in [0.25, 0.3) is 7.59 Å². The fourth-order valence-electron chi connectivity index (χ4n) is 3.10. The summed E-state index contributed by atoms with van der Waals surface area (Å²) in [4.78, 5) is 0. The smallest absolute Gasteiger partial charge is 0.418 e. The van der Waals surface area contributed by atoms with Crippen molar-refractivity contribution in [2.75, 3.05) is 87.6 Å². The van der Waals surface area contributed by atoms with Gasteiger partial charge in [-0.15, -0.1) is 4.71 Å². The molecule has 3 rings (SSSR count). The van der Waals surface area contributed by atoms with E-state index in [1.54, 1.807) is 14.0 Å². The van der Waals surface area contributed by atoms with Gasteiger partial charge in [-0.2, -0.15) is 0 Å². The molecule has 2 bridgehead atoms. The largest absolute Gasteiger partial charge is 0.673 e. The monoisotopic (exact) mass is 533 g/mol. The molecule has 0 N–H and O–H groups in total. The van der Waals surface area contributed by atoms with Crippen molar-refractivity contribution in [1.29, 1.82) is 0 Å². The van der Waals surface area contributed by atoms with Crippen molar-refractivity contribution in [3.63, 3.8) is 0 Å². The number of hydrogen-bond donors (Lipinski definition) is 0. The molecule has 0 saturated carbocycles. The lowest BCUT2D eigenvalue weighted by atomic mass is 10.2. The Morgan fingerprint density at radius 1 is 0.688 bits per heavy atom. The summed E-state index contributed by atoms with van der Waals surface area (Å²) >= 11 is 5.85. The third kappa shape index (κ3) is 14.2. The van der Waals surface area contributed by atoms with Crippen LogP contribution < -0.4 is 0 Å². The van der Waals surface area contributed by atoms with Crippen LogP contribution in [0.25, 0.3) is 0 Å². The molecule has 0 aromatic rings. The zero-order valence-electron chi connectivity index (χ0n) is 19.0. The molecular weight excluding hydrogens is 501 g/mol. The van der Waals surface area contributed by atoms with E-state index in [2.05, 4.69) is 0 Å². The zero-order valence-corrected chi connectivity index (χ0v) is 20.6. The number of rotatable bonds is 4. The summed E-state index contributed by atoms with van der Waals surface area (Å²) in [7, 11) is -3.51. The molecule has 196 valence electrons. The van der Waals surface area contributed by atoms with Gasteiger partial charge in [0.2, 0.25) is 0 Å². The topological polar surface area (TPSA) is 26.8 Å². The molecule has 3 saturated heterocycles. The molecule has 6 nitrogen and oxygen atoms in total. The van der Waals surface area contributed by atoms with Gasteiger partial charge < -0.3 is 34.5 Å². The van der Waals surface area contributed by atoms with Crippen LogP contribution in [0.4, 0.5) is 39.0 Å². The highest BCUT2D eigenvalue weighted by atomic mass is 35.5. The Morgan fingerprint density at radius 3 is 1.03 bits per heavy atom. The van der Waals surface area contributed by atoms with Crippen molar-refractivity contribution in [2.24, 2.45) is 0 Å². The lowest BCUT2D eigenvalue weighted by molar-refractivity contribution is -1.15. The first kappa shape index (κ1) is 34.0. The van der Waals surface area contributed by atoms with Crippen LogP contribution in [-0.2, 0) is 4.57 Å². The number of hydrogen-bond acceptors (Lipinski definition) is 1. The van der Waals surface area contributed by atoms with Gasteiger partial charge in [0, 0.05) is 0 Å². The predicted octanol–water partition coefficient (Wildman–Crippen LogP) is 4.11. The lowest BCUT2D eigenvalue weighted by Gasteiger charge is -2.48. The van der Waals surface area contributed by atoms with Crippen LogP contribution >= 0.6 is 19.2 Å². The minimum absolute atomic E-state index is 0.198. The van der Waals surface area contributed by atoms with Gasteiger partial charge >= 0.3 is 14.5 Å². The fraction of sp³-hybridized carbons (Fsp3) is 1.00. The molecule has 0 unspecified atom stereocenters. The van der Waals surface area contributed by atoms with Crippen molar-refractivity contribution in [2.45, 2.75) is 0 Å². The number of fused-ring (bicyclic) bond motifs is 3. The summed E-state index contributed by atoms with van der Waals surface area (Å²) in [5.74, 6) is 0. The van der Waals surface area contributed by atoms with E-state index in [0.717, 1.165) is 24.1 Å². The van der Waals surface area contributed by atoms with Crippen LogP contribution in [0.3, 0.4) is 0 Å². The highest BCUT2D eigenvalue weighted by Crippen LogP contribution is 2.50. The molecule has 0 aliphatic carbocycles. The molecule has 32 heavy (non-hydrogen) atoms. The van der Waals surface area contributed by atoms with Crippen LogP contribution in [-0.4, -0.2) is 125 Å². The first-order valence-electron chi connectivity index (χ1n) is 9.36. The summed E-state index contributed by atoms with van der Waals surface area (Å²) in [5.41, 5.74) is 0. The Labute approximate surface area is 188 Å². The first-order valence-corrected chi connectivity index (χ1v) is 11.5. The van der Waals surface area contributed by atoms with E-state index in [-0.39, 0.29) is 4.71 Å². The number of nitrogens with zero attached hydrogens (tertiary/aromatic N) is 5. The SMILES string of the molecule is CN(C)P(=O)(N(C)C)N(C)C.F[B-](F)(F)F.F[B-](F)(F)F.F[N+]12CC[N+](CCl)(CC1)CC2. The molecule has 3 heterocycles. The molecule has 0 aromatic carbocycles. The van der Waals surface area contributed by atoms with Gasteiger partial charge in [-0.25, -0.2) is 14.0 Å². The summed E-state index contributed by atoms with van der Waals surface area (Å²) in [6, 6.07) is 0.667. The average Bonchev–Trinajstić information content (AvgIpc) is 2.59. The van der Waals surface area contributed by atoms with Gasteiger partial charge in [0.05, 0.1) is 0 Å². The molecule has 0 radical (unpaired) electrons. The van der Waals surface area contributed by atoms with Crippen LogP contribution in [0.1, 0.15) is 0 Å². The molecule has 3 aliphatic heterocycles. The van der Waals surface area contributed by atoms with Crippen molar-refractivity contribution in [3.8, 4) is 0 Å². The van der Waals surface area contributed by atoms with E-state index < -0.39 is 22.1 Å². The molecule has 0 atom stereocenters. The Balaban J connectivity index is 0. The Bertz CT molecular complexity index is 522. The Kier molecular flexibility index (Phi) is 13.9. The van der Waals surface area contributed by atoms with Gasteiger partial charge in [-0.1, -0.05) is 11.6 Å². The zero-order chi connectivity index (χ0) is 26.2. The lowest BCUT2D eigenvalue weighted by Crippen LogP contribution is -2.71. The highest BCUT2D eigenvalue weighted by molar-refractivity contribution is 7.56. The molecule has 0 spiro atoms. The third-order valence-electron chi connectivity index (χ3n) is 4.74. The minimum Gasteiger partial charge on any atom is -0.418 e. The first-order chi connectivity index (χ1) is 14.0. The second-order valence-corrected chi connectivity index (χ2v) is 11.5. The van der Waals surface area contributed by atoms with Gasteiger partial charge in [-0.05, 0) is 46.8 Å². The highest BCUT2D eigenvalue weighted by Gasteiger charge is 2.50. The van der Waals surface area contributed by atoms with Crippen LogP contribution in [0.2, 0.25) is 0 Å². The van der Waals surface area contributed by atoms with E-state index in [1.165, 1.54) is 0 Å². The fourth-order valence-corrected chi connectivity index (χ4v) is 5.60. The number of alkyl halides is 1. The molecule has 19 heteroatoms. The summed E-state index contributed by atoms with van der Waals surface area (Å²) in [5, 5.41) is 0. The van der Waals surface area contributed by atoms with E-state index in [0.29, 0.717) is 25.6 Å². The quantitative estimate of drug-likeness (QED) is 0.103. The number of halogens is 10. The maximum Gasteiger partial charge on any atom is 0.673 e. The van der Waals surface area contributed by atoms with Gasteiger partial charge in [-0.3, -0.25) is 9.05 Å². The predicted molar refractivity (Wildman–Crippen MR) is 111 cm³/mol. The molecular formula is C13H32B2ClF9N5OP. The summed E-state index contributed by atoms with van der Waals surface area (Å²) in [6.45, 7) is 4.81. The van der Waals surface area contributed by atoms with Gasteiger partial charge in [0.1, 0.15) is 19.6 Å². The summed E-state index contributed by atoms with van der Waals surface area (Å²) in [6.07, 6.45) is 0. The van der Waals surface area contributed by atoms with Crippen LogP contribution in [0.5, 0.6) is 0 Å². The van der Waals surface area contributed by atoms with E-state index in [1.807, 2.05) is 42.3 Å². The molecule has 3 fully saturated rings. The second kappa shape index (κ2) is 13.1. The number of piperazine rings is 3. The normalized spacial score (nSPS) is 25.5. The maximum absolute atomic E-state index is 13.5. The van der Waals surface area contributed by atoms with E-state index in [4.69, 9.17) is 11.6 Å². The molecule has 0 aromatic heterocycles. The average molecular weight is 533 g/mol. The Hall–Kier alpha value is -0.180. The van der Waals surface area contributed by atoms with E-state index in [9.17, 15) is 43.6 Å². The van der Waals surface area contributed by atoms with Crippen LogP contribution in [0.15, 0.2) is 0 Å². The van der Waals surface area contributed by atoms with E-state index >= 15 is 0 Å². The van der Waals surface area contributed by atoms with Crippen molar-refractivity contribution in [1.82, 2.24) is 14.0 Å². The minimum atomic E-state index is -6.00. The van der Waals surface area contributed by atoms with Gasteiger partial charge in [0.15, 0.2) is 25.6 Å².